The van der Waals surface area contributed by atoms with Gasteiger partial charge in [0.1, 0.15) is 4.21 Å². The van der Waals surface area contributed by atoms with Crippen LogP contribution in [0.5, 0.6) is 0 Å². The normalized spacial score (nSPS) is 12.2. The molecule has 0 spiro atoms. The summed E-state index contributed by atoms with van der Waals surface area (Å²) in [5.41, 5.74) is 5.47. The highest BCUT2D eigenvalue weighted by Gasteiger charge is 2.22. The molecule has 7 heteroatoms. The first-order valence-electron chi connectivity index (χ1n) is 5.26. The second-order valence-electron chi connectivity index (χ2n) is 3.60. The molecule has 1 rings (SSSR count). The minimum Gasteiger partial charge on any atom is -0.385 e. The van der Waals surface area contributed by atoms with Crippen LogP contribution < -0.4 is 5.73 Å². The van der Waals surface area contributed by atoms with E-state index in [-0.39, 0.29) is 0 Å². The highest BCUT2D eigenvalue weighted by atomic mass is 32.2. The second kappa shape index (κ2) is 6.46. The maximum atomic E-state index is 12.1. The van der Waals surface area contributed by atoms with Gasteiger partial charge in [-0.05, 0) is 18.6 Å². The van der Waals surface area contributed by atoms with E-state index in [0.29, 0.717) is 30.3 Å². The van der Waals surface area contributed by atoms with E-state index in [2.05, 4.69) is 0 Å². The minimum absolute atomic E-state index is 0.345. The fraction of sp³-hybridized carbons (Fsp3) is 0.600. The maximum Gasteiger partial charge on any atom is 0.252 e. The Morgan fingerprint density at radius 2 is 2.18 bits per heavy atom. The van der Waals surface area contributed by atoms with Crippen LogP contribution in [0.4, 0.5) is 0 Å². The first-order chi connectivity index (χ1) is 8.02. The van der Waals surface area contributed by atoms with E-state index in [4.69, 9.17) is 10.5 Å². The SMILES string of the molecule is COCCCN(C)S(=O)(=O)c1ccc(CN)s1. The molecule has 0 amide bonds. The molecule has 0 fully saturated rings. The van der Waals surface area contributed by atoms with Crippen molar-refractivity contribution in [1.29, 1.82) is 0 Å². The fourth-order valence-corrected chi connectivity index (χ4v) is 3.97. The molecule has 0 radical (unpaired) electrons. The Morgan fingerprint density at radius 3 is 2.71 bits per heavy atom. The third-order valence-corrected chi connectivity index (χ3v) is 5.76. The smallest absolute Gasteiger partial charge is 0.252 e. The zero-order valence-electron chi connectivity index (χ0n) is 10.0. The summed E-state index contributed by atoms with van der Waals surface area (Å²) in [5.74, 6) is 0. The van der Waals surface area contributed by atoms with Gasteiger partial charge in [-0.2, -0.15) is 0 Å². The number of nitrogens with zero attached hydrogens (tertiary/aromatic N) is 1. The predicted molar refractivity (Wildman–Crippen MR) is 68.5 cm³/mol. The van der Waals surface area contributed by atoms with Gasteiger partial charge in [-0.3, -0.25) is 0 Å². The van der Waals surface area contributed by atoms with E-state index >= 15 is 0 Å². The molecule has 0 aliphatic carbocycles. The number of hydrogen-bond donors (Lipinski definition) is 1. The standard InChI is InChI=1S/C10H18N2O3S2/c1-12(6-3-7-15-2)17(13,14)10-5-4-9(8-11)16-10/h4-5H,3,6-8,11H2,1-2H3. The highest BCUT2D eigenvalue weighted by molar-refractivity contribution is 7.91. The number of sulfonamides is 1. The molecule has 2 N–H and O–H groups in total. The van der Waals surface area contributed by atoms with Gasteiger partial charge >= 0.3 is 0 Å². The van der Waals surface area contributed by atoms with Gasteiger partial charge in [0.25, 0.3) is 10.0 Å². The van der Waals surface area contributed by atoms with Crippen molar-refractivity contribution in [2.24, 2.45) is 5.73 Å². The molecule has 5 nitrogen and oxygen atoms in total. The van der Waals surface area contributed by atoms with E-state index < -0.39 is 10.0 Å². The first-order valence-corrected chi connectivity index (χ1v) is 7.52. The molecule has 0 unspecified atom stereocenters. The van der Waals surface area contributed by atoms with Crippen molar-refractivity contribution in [1.82, 2.24) is 4.31 Å². The maximum absolute atomic E-state index is 12.1. The molecule has 17 heavy (non-hydrogen) atoms. The Hall–Kier alpha value is -0.470. The molecule has 0 saturated carbocycles. The highest BCUT2D eigenvalue weighted by Crippen LogP contribution is 2.23. The van der Waals surface area contributed by atoms with Gasteiger partial charge in [0.2, 0.25) is 0 Å². The summed E-state index contributed by atoms with van der Waals surface area (Å²) in [6, 6.07) is 3.36. The number of rotatable bonds is 7. The van der Waals surface area contributed by atoms with Gasteiger partial charge < -0.3 is 10.5 Å². The average molecular weight is 278 g/mol. The molecule has 1 aromatic heterocycles. The average Bonchev–Trinajstić information content (AvgIpc) is 2.78. The number of hydrogen-bond acceptors (Lipinski definition) is 5. The van der Waals surface area contributed by atoms with Crippen molar-refractivity contribution < 1.29 is 13.2 Å². The molecule has 0 aliphatic rings. The minimum atomic E-state index is -3.37. The van der Waals surface area contributed by atoms with Crippen LogP contribution in [0.15, 0.2) is 16.3 Å². The summed E-state index contributed by atoms with van der Waals surface area (Å²) >= 11 is 1.22. The van der Waals surface area contributed by atoms with E-state index in [0.717, 1.165) is 4.88 Å². The van der Waals surface area contributed by atoms with Gasteiger partial charge in [0.15, 0.2) is 0 Å². The first kappa shape index (κ1) is 14.6. The summed E-state index contributed by atoms with van der Waals surface area (Å²) in [6.07, 6.45) is 0.682. The zero-order chi connectivity index (χ0) is 12.9. The Bertz CT molecular complexity index is 442. The Labute approximate surface area is 106 Å². The molecule has 0 aliphatic heterocycles. The van der Waals surface area contributed by atoms with Crippen molar-refractivity contribution in [3.05, 3.63) is 17.0 Å². The zero-order valence-corrected chi connectivity index (χ0v) is 11.7. The summed E-state index contributed by atoms with van der Waals surface area (Å²) in [5, 5.41) is 0. The van der Waals surface area contributed by atoms with Crippen LogP contribution in [0.25, 0.3) is 0 Å². The molecule has 0 atom stereocenters. The number of ether oxygens (including phenoxy) is 1. The van der Waals surface area contributed by atoms with E-state index in [1.807, 2.05) is 0 Å². The van der Waals surface area contributed by atoms with E-state index in [1.165, 1.54) is 15.6 Å². The van der Waals surface area contributed by atoms with Gasteiger partial charge in [0, 0.05) is 38.7 Å². The van der Waals surface area contributed by atoms with Crippen LogP contribution in [0.3, 0.4) is 0 Å². The number of methoxy groups -OCH3 is 1. The van der Waals surface area contributed by atoms with Crippen molar-refractivity contribution >= 4 is 21.4 Å². The number of thiophene rings is 1. The van der Waals surface area contributed by atoms with Crippen molar-refractivity contribution in [2.45, 2.75) is 17.2 Å². The molecule has 0 bridgehead atoms. The fourth-order valence-electron chi connectivity index (χ4n) is 1.31. The largest absolute Gasteiger partial charge is 0.385 e. The van der Waals surface area contributed by atoms with Crippen molar-refractivity contribution in [3.8, 4) is 0 Å². The third kappa shape index (κ3) is 3.75. The lowest BCUT2D eigenvalue weighted by Gasteiger charge is -2.15. The molecule has 1 heterocycles. The van der Waals surface area contributed by atoms with Crippen LogP contribution in [-0.4, -0.2) is 40.0 Å². The van der Waals surface area contributed by atoms with Gasteiger partial charge in [0.05, 0.1) is 0 Å². The predicted octanol–water partition coefficient (Wildman–Crippen LogP) is 0.864. The third-order valence-electron chi connectivity index (χ3n) is 2.32. The van der Waals surface area contributed by atoms with Crippen LogP contribution in [0.2, 0.25) is 0 Å². The molecule has 0 saturated heterocycles. The monoisotopic (exact) mass is 278 g/mol. The second-order valence-corrected chi connectivity index (χ2v) is 7.04. The van der Waals surface area contributed by atoms with Gasteiger partial charge in [-0.25, -0.2) is 12.7 Å². The Morgan fingerprint density at radius 1 is 1.47 bits per heavy atom. The lowest BCUT2D eigenvalue weighted by atomic mass is 10.5. The van der Waals surface area contributed by atoms with Crippen LogP contribution >= 0.6 is 11.3 Å². The summed E-state index contributed by atoms with van der Waals surface area (Å²) < 4.78 is 30.8. The van der Waals surface area contributed by atoms with Crippen molar-refractivity contribution in [2.75, 3.05) is 27.3 Å². The molecular formula is C10H18N2O3S2. The van der Waals surface area contributed by atoms with E-state index in [1.54, 1.807) is 26.3 Å². The summed E-state index contributed by atoms with van der Waals surface area (Å²) in [7, 11) is -0.193. The van der Waals surface area contributed by atoms with Gasteiger partial charge in [-0.1, -0.05) is 0 Å². The van der Waals surface area contributed by atoms with Crippen LogP contribution in [0.1, 0.15) is 11.3 Å². The lowest BCUT2D eigenvalue weighted by molar-refractivity contribution is 0.189. The Kier molecular flexibility index (Phi) is 5.54. The molecule has 0 aromatic carbocycles. The quantitative estimate of drug-likeness (QED) is 0.751. The lowest BCUT2D eigenvalue weighted by Crippen LogP contribution is -2.27. The number of nitrogens with two attached hydrogens (primary N) is 1. The van der Waals surface area contributed by atoms with Crippen LogP contribution in [0, 0.1) is 0 Å². The van der Waals surface area contributed by atoms with Crippen molar-refractivity contribution in [3.63, 3.8) is 0 Å². The summed E-state index contributed by atoms with van der Waals surface area (Å²) in [6.45, 7) is 1.37. The van der Waals surface area contributed by atoms with E-state index in [9.17, 15) is 8.42 Å². The topological polar surface area (TPSA) is 72.6 Å². The Balaban J connectivity index is 2.73. The molecular weight excluding hydrogens is 260 g/mol. The van der Waals surface area contributed by atoms with Crippen LogP contribution in [-0.2, 0) is 21.3 Å². The van der Waals surface area contributed by atoms with Gasteiger partial charge in [-0.15, -0.1) is 11.3 Å². The molecule has 98 valence electrons. The summed E-state index contributed by atoms with van der Waals surface area (Å²) in [4.78, 5) is 0.869. The molecule has 1 aromatic rings.